The summed E-state index contributed by atoms with van der Waals surface area (Å²) in [5.74, 6) is 0.812. The molecule has 0 amide bonds. The van der Waals surface area contributed by atoms with Gasteiger partial charge < -0.3 is 15.8 Å². The van der Waals surface area contributed by atoms with Crippen molar-refractivity contribution < 1.29 is 4.74 Å². The second-order valence-electron chi connectivity index (χ2n) is 4.93. The number of anilines is 1. The van der Waals surface area contributed by atoms with Gasteiger partial charge in [0.2, 0.25) is 0 Å². The molecule has 0 radical (unpaired) electrons. The summed E-state index contributed by atoms with van der Waals surface area (Å²) in [7, 11) is 0. The maximum absolute atomic E-state index is 5.99. The fourth-order valence-corrected chi connectivity index (χ4v) is 1.94. The van der Waals surface area contributed by atoms with Gasteiger partial charge in [0.05, 0.1) is 12.3 Å². The Balaban J connectivity index is 2.29. The molecule has 0 bridgehead atoms. The fraction of sp³-hybridized carbons (Fsp3) is 0.625. The lowest BCUT2D eigenvalue weighted by Gasteiger charge is -2.10. The number of nitrogen functional groups attached to an aromatic ring is 1. The van der Waals surface area contributed by atoms with E-state index in [0.717, 1.165) is 50.4 Å². The molecule has 108 valence electrons. The van der Waals surface area contributed by atoms with Crippen molar-refractivity contribution in [2.45, 2.75) is 46.0 Å². The van der Waals surface area contributed by atoms with Gasteiger partial charge in [-0.3, -0.25) is 0 Å². The molecule has 0 atom stereocenters. The monoisotopic (exact) mass is 264 g/mol. The number of unbranched alkanes of at least 4 members (excludes halogenated alkanes) is 1. The van der Waals surface area contributed by atoms with Crippen LogP contribution in [0, 0.1) is 0 Å². The van der Waals surface area contributed by atoms with Gasteiger partial charge in [-0.25, -0.2) is 0 Å². The van der Waals surface area contributed by atoms with E-state index >= 15 is 0 Å². The van der Waals surface area contributed by atoms with Crippen LogP contribution in [0.4, 0.5) is 5.69 Å². The highest BCUT2D eigenvalue weighted by molar-refractivity contribution is 5.54. The Hall–Kier alpha value is -1.22. The van der Waals surface area contributed by atoms with Crippen molar-refractivity contribution in [1.82, 2.24) is 5.32 Å². The number of nitrogens with one attached hydrogen (secondary N) is 1. The minimum absolute atomic E-state index is 0.727. The van der Waals surface area contributed by atoms with Crippen molar-refractivity contribution >= 4 is 5.69 Å². The standard InChI is InChI=1S/C16H28N2O/c1-3-5-10-18-11-6-7-14-8-9-16(15(17)13-14)19-12-4-2/h8-9,13,18H,3-7,10-12,17H2,1-2H3. The molecule has 0 unspecified atom stereocenters. The number of aryl methyl sites for hydroxylation is 1. The minimum Gasteiger partial charge on any atom is -0.491 e. The number of hydrogen-bond donors (Lipinski definition) is 2. The third-order valence-electron chi connectivity index (χ3n) is 3.06. The van der Waals surface area contributed by atoms with Gasteiger partial charge >= 0.3 is 0 Å². The van der Waals surface area contributed by atoms with Crippen molar-refractivity contribution in [3.8, 4) is 5.75 Å². The van der Waals surface area contributed by atoms with E-state index in [9.17, 15) is 0 Å². The first kappa shape index (κ1) is 15.8. The first-order valence-corrected chi connectivity index (χ1v) is 7.49. The van der Waals surface area contributed by atoms with Crippen LogP contribution in [0.25, 0.3) is 0 Å². The smallest absolute Gasteiger partial charge is 0.142 e. The SMILES string of the molecule is CCCCNCCCc1ccc(OCCC)c(N)c1. The summed E-state index contributed by atoms with van der Waals surface area (Å²) in [6.45, 7) is 7.24. The van der Waals surface area contributed by atoms with Crippen LogP contribution in [-0.2, 0) is 6.42 Å². The number of ether oxygens (including phenoxy) is 1. The van der Waals surface area contributed by atoms with Gasteiger partial charge in [0.1, 0.15) is 5.75 Å². The molecule has 0 saturated carbocycles. The molecule has 3 nitrogen and oxygen atoms in total. The molecule has 1 aromatic rings. The predicted molar refractivity (Wildman–Crippen MR) is 82.7 cm³/mol. The summed E-state index contributed by atoms with van der Waals surface area (Å²) >= 11 is 0. The second-order valence-corrected chi connectivity index (χ2v) is 4.93. The van der Waals surface area contributed by atoms with E-state index in [0.29, 0.717) is 0 Å². The molecule has 0 heterocycles. The molecule has 0 spiro atoms. The Labute approximate surface area is 117 Å². The molecule has 0 saturated heterocycles. The van der Waals surface area contributed by atoms with E-state index in [2.05, 4.69) is 25.2 Å². The Morgan fingerprint density at radius 3 is 2.58 bits per heavy atom. The Morgan fingerprint density at radius 1 is 1.11 bits per heavy atom. The molecule has 0 aromatic heterocycles. The van der Waals surface area contributed by atoms with Crippen LogP contribution in [-0.4, -0.2) is 19.7 Å². The van der Waals surface area contributed by atoms with Gasteiger partial charge in [-0.05, 0) is 56.5 Å². The molecule has 1 rings (SSSR count). The Kier molecular flexibility index (Phi) is 8.07. The van der Waals surface area contributed by atoms with Gasteiger partial charge in [-0.15, -0.1) is 0 Å². The van der Waals surface area contributed by atoms with E-state index in [-0.39, 0.29) is 0 Å². The highest BCUT2D eigenvalue weighted by atomic mass is 16.5. The van der Waals surface area contributed by atoms with Gasteiger partial charge in [-0.1, -0.05) is 26.3 Å². The zero-order valence-corrected chi connectivity index (χ0v) is 12.4. The molecule has 19 heavy (non-hydrogen) atoms. The number of nitrogens with two attached hydrogens (primary N) is 1. The summed E-state index contributed by atoms with van der Waals surface area (Å²) < 4.78 is 5.57. The summed E-state index contributed by atoms with van der Waals surface area (Å²) in [5, 5.41) is 3.45. The molecule has 0 fully saturated rings. The summed E-state index contributed by atoms with van der Waals surface area (Å²) in [4.78, 5) is 0. The first-order chi connectivity index (χ1) is 9.27. The maximum Gasteiger partial charge on any atom is 0.142 e. The minimum atomic E-state index is 0.727. The number of hydrogen-bond acceptors (Lipinski definition) is 3. The van der Waals surface area contributed by atoms with Gasteiger partial charge in [0, 0.05) is 0 Å². The summed E-state index contributed by atoms with van der Waals surface area (Å²) in [6, 6.07) is 6.15. The van der Waals surface area contributed by atoms with Crippen molar-refractivity contribution in [2.24, 2.45) is 0 Å². The predicted octanol–water partition coefficient (Wildman–Crippen LogP) is 3.38. The third-order valence-corrected chi connectivity index (χ3v) is 3.06. The second kappa shape index (κ2) is 9.68. The lowest BCUT2D eigenvalue weighted by Crippen LogP contribution is -2.16. The average Bonchev–Trinajstić information content (AvgIpc) is 2.42. The average molecular weight is 264 g/mol. The third kappa shape index (κ3) is 6.48. The van der Waals surface area contributed by atoms with E-state index in [4.69, 9.17) is 10.5 Å². The maximum atomic E-state index is 5.99. The van der Waals surface area contributed by atoms with Gasteiger partial charge in [0.15, 0.2) is 0 Å². The molecule has 3 N–H and O–H groups in total. The summed E-state index contributed by atoms with van der Waals surface area (Å²) in [5.41, 5.74) is 8.04. The number of rotatable bonds is 10. The van der Waals surface area contributed by atoms with Crippen molar-refractivity contribution in [3.63, 3.8) is 0 Å². The van der Waals surface area contributed by atoms with Crippen LogP contribution >= 0.6 is 0 Å². The Morgan fingerprint density at radius 2 is 1.89 bits per heavy atom. The van der Waals surface area contributed by atoms with Gasteiger partial charge in [-0.2, -0.15) is 0 Å². The van der Waals surface area contributed by atoms with Crippen molar-refractivity contribution in [3.05, 3.63) is 23.8 Å². The fourth-order valence-electron chi connectivity index (χ4n) is 1.94. The van der Waals surface area contributed by atoms with E-state index in [1.54, 1.807) is 0 Å². The lowest BCUT2D eigenvalue weighted by atomic mass is 10.1. The van der Waals surface area contributed by atoms with E-state index < -0.39 is 0 Å². The molecular weight excluding hydrogens is 236 g/mol. The molecule has 3 heteroatoms. The van der Waals surface area contributed by atoms with Crippen LogP contribution in [0.1, 0.15) is 45.1 Å². The highest BCUT2D eigenvalue weighted by Gasteiger charge is 2.01. The Bertz CT molecular complexity index is 353. The molecule has 0 aliphatic heterocycles. The lowest BCUT2D eigenvalue weighted by molar-refractivity contribution is 0.319. The van der Waals surface area contributed by atoms with E-state index in [1.807, 2.05) is 12.1 Å². The topological polar surface area (TPSA) is 47.3 Å². The molecule has 0 aliphatic carbocycles. The zero-order valence-electron chi connectivity index (χ0n) is 12.4. The molecular formula is C16H28N2O. The normalized spacial score (nSPS) is 10.6. The van der Waals surface area contributed by atoms with Crippen LogP contribution in [0.15, 0.2) is 18.2 Å². The van der Waals surface area contributed by atoms with E-state index in [1.165, 1.54) is 18.4 Å². The number of benzene rings is 1. The summed E-state index contributed by atoms with van der Waals surface area (Å²) in [6.07, 6.45) is 5.74. The highest BCUT2D eigenvalue weighted by Crippen LogP contribution is 2.23. The van der Waals surface area contributed by atoms with Gasteiger partial charge in [0.25, 0.3) is 0 Å². The van der Waals surface area contributed by atoms with Crippen LogP contribution in [0.3, 0.4) is 0 Å². The van der Waals surface area contributed by atoms with Crippen LogP contribution in [0.2, 0.25) is 0 Å². The first-order valence-electron chi connectivity index (χ1n) is 7.49. The molecule has 1 aromatic carbocycles. The van der Waals surface area contributed by atoms with Crippen LogP contribution < -0.4 is 15.8 Å². The molecule has 0 aliphatic rings. The zero-order chi connectivity index (χ0) is 13.9. The quantitative estimate of drug-likeness (QED) is 0.503. The van der Waals surface area contributed by atoms with Crippen LogP contribution in [0.5, 0.6) is 5.75 Å². The van der Waals surface area contributed by atoms with Crippen molar-refractivity contribution in [2.75, 3.05) is 25.4 Å². The largest absolute Gasteiger partial charge is 0.491 e. The van der Waals surface area contributed by atoms with Crippen molar-refractivity contribution in [1.29, 1.82) is 0 Å².